The minimum Gasteiger partial charge on any atom is -0.337 e. The van der Waals surface area contributed by atoms with E-state index in [-0.39, 0.29) is 11.7 Å². The molecule has 3 aromatic rings. The molecule has 0 bridgehead atoms. The summed E-state index contributed by atoms with van der Waals surface area (Å²) in [5.74, 6) is -0.834. The number of amides is 1. The molecule has 0 fully saturated rings. The maximum absolute atomic E-state index is 13.4. The highest BCUT2D eigenvalue weighted by atomic mass is 19.1. The van der Waals surface area contributed by atoms with Crippen LogP contribution < -0.4 is 0 Å². The van der Waals surface area contributed by atoms with E-state index in [9.17, 15) is 9.18 Å². The molecule has 2 heterocycles. The van der Waals surface area contributed by atoms with E-state index in [1.165, 1.54) is 23.3 Å². The van der Waals surface area contributed by atoms with E-state index in [4.69, 9.17) is 0 Å². The second kappa shape index (κ2) is 7.08. The molecule has 0 N–H and O–H groups in total. The first-order valence-corrected chi connectivity index (χ1v) is 8.74. The number of hydrogen-bond donors (Lipinski definition) is 0. The standard InChI is InChI=1S/C22H19FN2O/c23-19-10-8-17(9-11-19)21(20-7-3-4-13-24-20)22(26)25-14-12-16-5-1-2-6-18(16)15-25/h1-11,13,21H,12,14-15H2. The van der Waals surface area contributed by atoms with Crippen molar-refractivity contribution in [2.45, 2.75) is 18.9 Å². The number of carbonyl (C=O) groups is 1. The lowest BCUT2D eigenvalue weighted by Crippen LogP contribution is -2.39. The molecule has 130 valence electrons. The molecule has 4 rings (SSSR count). The highest BCUT2D eigenvalue weighted by molar-refractivity contribution is 5.87. The number of aromatic nitrogens is 1. The van der Waals surface area contributed by atoms with Gasteiger partial charge in [-0.15, -0.1) is 0 Å². The maximum atomic E-state index is 13.4. The molecule has 4 heteroatoms. The summed E-state index contributed by atoms with van der Waals surface area (Å²) in [5.41, 5.74) is 3.93. The molecule has 0 aliphatic carbocycles. The van der Waals surface area contributed by atoms with Gasteiger partial charge in [-0.2, -0.15) is 0 Å². The zero-order valence-electron chi connectivity index (χ0n) is 14.3. The largest absolute Gasteiger partial charge is 0.337 e. The molecule has 0 saturated carbocycles. The third-order valence-electron chi connectivity index (χ3n) is 4.88. The fraction of sp³-hybridized carbons (Fsp3) is 0.182. The third-order valence-corrected chi connectivity index (χ3v) is 4.88. The Bertz CT molecular complexity index is 909. The number of carbonyl (C=O) groups excluding carboxylic acids is 1. The Morgan fingerprint density at radius 2 is 1.69 bits per heavy atom. The third kappa shape index (κ3) is 3.23. The summed E-state index contributed by atoms with van der Waals surface area (Å²) in [4.78, 5) is 19.7. The highest BCUT2D eigenvalue weighted by Crippen LogP contribution is 2.28. The molecule has 1 aliphatic heterocycles. The van der Waals surface area contributed by atoms with Gasteiger partial charge in [-0.1, -0.05) is 42.5 Å². The van der Waals surface area contributed by atoms with Crippen LogP contribution in [0, 0.1) is 5.82 Å². The average molecular weight is 346 g/mol. The number of rotatable bonds is 3. The molecule has 2 aromatic carbocycles. The van der Waals surface area contributed by atoms with Gasteiger partial charge in [-0.25, -0.2) is 4.39 Å². The van der Waals surface area contributed by atoms with Crippen LogP contribution in [0.5, 0.6) is 0 Å². The number of halogens is 1. The predicted octanol–water partition coefficient (Wildman–Crippen LogP) is 3.94. The Hall–Kier alpha value is -3.01. The minimum absolute atomic E-state index is 0.00445. The number of benzene rings is 2. The van der Waals surface area contributed by atoms with Gasteiger partial charge in [0.05, 0.1) is 5.69 Å². The lowest BCUT2D eigenvalue weighted by molar-refractivity contribution is -0.132. The van der Waals surface area contributed by atoms with E-state index in [1.54, 1.807) is 18.3 Å². The van der Waals surface area contributed by atoms with Crippen molar-refractivity contribution in [2.75, 3.05) is 6.54 Å². The van der Waals surface area contributed by atoms with Crippen LogP contribution in [0.2, 0.25) is 0 Å². The second-order valence-electron chi connectivity index (χ2n) is 6.52. The molecule has 0 spiro atoms. The first kappa shape index (κ1) is 16.5. The predicted molar refractivity (Wildman–Crippen MR) is 98.0 cm³/mol. The van der Waals surface area contributed by atoms with Crippen LogP contribution in [-0.4, -0.2) is 22.3 Å². The van der Waals surface area contributed by atoms with Crippen LogP contribution in [0.15, 0.2) is 72.9 Å². The number of pyridine rings is 1. The lowest BCUT2D eigenvalue weighted by atomic mass is 9.91. The molecule has 1 amide bonds. The maximum Gasteiger partial charge on any atom is 0.236 e. The monoisotopic (exact) mass is 346 g/mol. The summed E-state index contributed by atoms with van der Waals surface area (Å²) < 4.78 is 13.4. The van der Waals surface area contributed by atoms with Gasteiger partial charge in [0.25, 0.3) is 0 Å². The quantitative estimate of drug-likeness (QED) is 0.720. The molecule has 26 heavy (non-hydrogen) atoms. The molecule has 1 unspecified atom stereocenters. The van der Waals surface area contributed by atoms with Gasteiger partial charge in [0.2, 0.25) is 5.91 Å². The Kier molecular flexibility index (Phi) is 4.48. The molecule has 1 aliphatic rings. The van der Waals surface area contributed by atoms with Gasteiger partial charge < -0.3 is 4.90 Å². The molecule has 1 aromatic heterocycles. The van der Waals surface area contributed by atoms with Crippen LogP contribution >= 0.6 is 0 Å². The molecule has 3 nitrogen and oxygen atoms in total. The first-order chi connectivity index (χ1) is 12.7. The number of fused-ring (bicyclic) bond motifs is 1. The summed E-state index contributed by atoms with van der Waals surface area (Å²) in [6, 6.07) is 19.9. The van der Waals surface area contributed by atoms with Crippen molar-refractivity contribution in [1.82, 2.24) is 9.88 Å². The van der Waals surface area contributed by atoms with E-state index < -0.39 is 5.92 Å². The Morgan fingerprint density at radius 3 is 2.42 bits per heavy atom. The SMILES string of the molecule is O=C(C(c1ccc(F)cc1)c1ccccn1)N1CCc2ccccc2C1. The Labute approximate surface area is 152 Å². The summed E-state index contributed by atoms with van der Waals surface area (Å²) in [5, 5.41) is 0. The normalized spacial score (nSPS) is 14.6. The first-order valence-electron chi connectivity index (χ1n) is 8.74. The zero-order chi connectivity index (χ0) is 17.9. The van der Waals surface area contributed by atoms with Crippen molar-refractivity contribution in [3.63, 3.8) is 0 Å². The van der Waals surface area contributed by atoms with E-state index in [1.807, 2.05) is 35.2 Å². The summed E-state index contributed by atoms with van der Waals surface area (Å²) in [7, 11) is 0. The van der Waals surface area contributed by atoms with Gasteiger partial charge in [0.15, 0.2) is 0 Å². The summed E-state index contributed by atoms with van der Waals surface area (Å²) in [6.45, 7) is 1.28. The van der Waals surface area contributed by atoms with Crippen LogP contribution in [0.1, 0.15) is 28.3 Å². The molecular weight excluding hydrogens is 327 g/mol. The minimum atomic E-state index is -0.526. The number of nitrogens with zero attached hydrogens (tertiary/aromatic N) is 2. The van der Waals surface area contributed by atoms with E-state index in [2.05, 4.69) is 17.1 Å². The van der Waals surface area contributed by atoms with Crippen molar-refractivity contribution in [3.05, 3.63) is 101 Å². The van der Waals surface area contributed by atoms with Crippen molar-refractivity contribution >= 4 is 5.91 Å². The smallest absolute Gasteiger partial charge is 0.236 e. The summed E-state index contributed by atoms with van der Waals surface area (Å²) >= 11 is 0. The van der Waals surface area contributed by atoms with Crippen LogP contribution in [-0.2, 0) is 17.8 Å². The van der Waals surface area contributed by atoms with Gasteiger partial charge in [0, 0.05) is 19.3 Å². The van der Waals surface area contributed by atoms with Crippen LogP contribution in [0.4, 0.5) is 4.39 Å². The zero-order valence-corrected chi connectivity index (χ0v) is 14.3. The number of hydrogen-bond acceptors (Lipinski definition) is 2. The topological polar surface area (TPSA) is 33.2 Å². The second-order valence-corrected chi connectivity index (χ2v) is 6.52. The Morgan fingerprint density at radius 1 is 0.962 bits per heavy atom. The molecule has 0 radical (unpaired) electrons. The fourth-order valence-corrected chi connectivity index (χ4v) is 3.51. The van der Waals surface area contributed by atoms with Gasteiger partial charge in [0.1, 0.15) is 11.7 Å². The Balaban J connectivity index is 1.68. The summed E-state index contributed by atoms with van der Waals surface area (Å²) in [6.07, 6.45) is 2.53. The molecular formula is C22H19FN2O. The van der Waals surface area contributed by atoms with Crippen LogP contribution in [0.3, 0.4) is 0 Å². The average Bonchev–Trinajstić information content (AvgIpc) is 2.70. The van der Waals surface area contributed by atoms with Crippen molar-refractivity contribution in [3.8, 4) is 0 Å². The van der Waals surface area contributed by atoms with E-state index in [0.717, 1.165) is 12.0 Å². The fourth-order valence-electron chi connectivity index (χ4n) is 3.51. The van der Waals surface area contributed by atoms with Crippen LogP contribution in [0.25, 0.3) is 0 Å². The van der Waals surface area contributed by atoms with Crippen molar-refractivity contribution in [2.24, 2.45) is 0 Å². The van der Waals surface area contributed by atoms with Gasteiger partial charge >= 0.3 is 0 Å². The highest BCUT2D eigenvalue weighted by Gasteiger charge is 2.30. The lowest BCUT2D eigenvalue weighted by Gasteiger charge is -2.32. The van der Waals surface area contributed by atoms with Gasteiger partial charge in [-0.05, 0) is 47.4 Å². The van der Waals surface area contributed by atoms with Crippen molar-refractivity contribution in [1.29, 1.82) is 0 Å². The molecule has 1 atom stereocenters. The van der Waals surface area contributed by atoms with E-state index in [0.29, 0.717) is 18.8 Å². The van der Waals surface area contributed by atoms with Crippen molar-refractivity contribution < 1.29 is 9.18 Å². The molecule has 0 saturated heterocycles. The van der Waals surface area contributed by atoms with E-state index >= 15 is 0 Å². The van der Waals surface area contributed by atoms with Gasteiger partial charge in [-0.3, -0.25) is 9.78 Å².